The zero-order valence-corrected chi connectivity index (χ0v) is 16.3. The first kappa shape index (κ1) is 17.7. The zero-order valence-electron chi connectivity index (χ0n) is 15.6. The molecule has 1 amide bonds. The van der Waals surface area contributed by atoms with Gasteiger partial charge in [-0.15, -0.1) is 10.2 Å². The van der Waals surface area contributed by atoms with E-state index in [4.69, 9.17) is 11.6 Å². The van der Waals surface area contributed by atoms with Gasteiger partial charge in [0.05, 0.1) is 17.8 Å². The Hall–Kier alpha value is -2.67. The van der Waals surface area contributed by atoms with Crippen LogP contribution in [0.4, 0.5) is 0 Å². The van der Waals surface area contributed by atoms with Gasteiger partial charge in [0.15, 0.2) is 11.6 Å². The number of nitrogens with zero attached hydrogens (tertiary/aromatic N) is 6. The molecule has 0 saturated carbocycles. The number of aryl methyl sites for hydroxylation is 2. The number of hydrogen-bond donors (Lipinski definition) is 0. The molecule has 0 N–H and O–H groups in total. The van der Waals surface area contributed by atoms with E-state index in [1.165, 1.54) is 0 Å². The van der Waals surface area contributed by atoms with Crippen LogP contribution >= 0.6 is 11.6 Å². The van der Waals surface area contributed by atoms with E-state index in [-0.39, 0.29) is 11.9 Å². The Balaban J connectivity index is 1.68. The monoisotopic (exact) mass is 384 g/mol. The maximum absolute atomic E-state index is 13.0. The molecule has 1 atom stereocenters. The van der Waals surface area contributed by atoms with Crippen molar-refractivity contribution in [2.45, 2.75) is 46.4 Å². The Bertz CT molecular complexity index is 1010. The van der Waals surface area contributed by atoms with Crippen LogP contribution in [0, 0.1) is 6.92 Å². The number of halogens is 1. The standard InChI is InChI=1S/C19H21ClN6O/c1-4-25-10-15(12(2)23-25)18-22-21-17-11-24(19(27)13(3)26(17)18)9-14-7-5-6-8-16(14)20/h5-8,10,13H,4,9,11H2,1-3H3/t13-/m0/s1. The molecule has 3 heterocycles. The molecule has 0 saturated heterocycles. The fourth-order valence-corrected chi connectivity index (χ4v) is 3.71. The summed E-state index contributed by atoms with van der Waals surface area (Å²) in [5, 5.41) is 13.9. The average molecular weight is 385 g/mol. The molecule has 0 bridgehead atoms. The van der Waals surface area contributed by atoms with Crippen molar-refractivity contribution >= 4 is 17.5 Å². The minimum atomic E-state index is -0.384. The molecule has 1 aromatic carbocycles. The largest absolute Gasteiger partial charge is 0.329 e. The minimum absolute atomic E-state index is 0.0315. The molecular weight excluding hydrogens is 364 g/mol. The van der Waals surface area contributed by atoms with Gasteiger partial charge in [-0.05, 0) is 32.4 Å². The van der Waals surface area contributed by atoms with Crippen LogP contribution in [-0.2, 0) is 24.4 Å². The highest BCUT2D eigenvalue weighted by molar-refractivity contribution is 6.31. The third-order valence-corrected chi connectivity index (χ3v) is 5.35. The van der Waals surface area contributed by atoms with E-state index in [0.717, 1.165) is 29.2 Å². The second kappa shape index (κ2) is 6.81. The second-order valence-corrected chi connectivity index (χ2v) is 7.16. The molecule has 1 aliphatic rings. The van der Waals surface area contributed by atoms with Crippen LogP contribution in [-0.4, -0.2) is 35.4 Å². The third kappa shape index (κ3) is 3.02. The number of carbonyl (C=O) groups is 1. The van der Waals surface area contributed by atoms with Crippen LogP contribution in [0.15, 0.2) is 30.5 Å². The van der Waals surface area contributed by atoms with E-state index < -0.39 is 0 Å². The molecule has 1 aliphatic heterocycles. The maximum Gasteiger partial charge on any atom is 0.246 e. The van der Waals surface area contributed by atoms with E-state index >= 15 is 0 Å². The van der Waals surface area contributed by atoms with Gasteiger partial charge in [-0.3, -0.25) is 14.0 Å². The Morgan fingerprint density at radius 3 is 2.74 bits per heavy atom. The van der Waals surface area contributed by atoms with Crippen molar-refractivity contribution in [2.24, 2.45) is 0 Å². The molecule has 0 radical (unpaired) electrons. The lowest BCUT2D eigenvalue weighted by Gasteiger charge is -2.32. The number of benzene rings is 1. The van der Waals surface area contributed by atoms with Crippen molar-refractivity contribution in [2.75, 3.05) is 0 Å². The maximum atomic E-state index is 13.0. The van der Waals surface area contributed by atoms with Crippen LogP contribution in [0.1, 0.15) is 37.0 Å². The Kier molecular flexibility index (Phi) is 4.47. The van der Waals surface area contributed by atoms with Gasteiger partial charge in [-0.1, -0.05) is 29.8 Å². The van der Waals surface area contributed by atoms with Gasteiger partial charge < -0.3 is 4.90 Å². The second-order valence-electron chi connectivity index (χ2n) is 6.76. The summed E-state index contributed by atoms with van der Waals surface area (Å²) in [4.78, 5) is 14.8. The van der Waals surface area contributed by atoms with Crippen LogP contribution in [0.25, 0.3) is 11.4 Å². The van der Waals surface area contributed by atoms with Crippen LogP contribution < -0.4 is 0 Å². The molecule has 0 unspecified atom stereocenters. The van der Waals surface area contributed by atoms with Crippen molar-refractivity contribution in [1.82, 2.24) is 29.4 Å². The SMILES string of the molecule is CCn1cc(-c2nnc3n2[C@@H](C)C(=O)N(Cc2ccccc2Cl)C3)c(C)n1. The fourth-order valence-electron chi connectivity index (χ4n) is 3.51. The molecule has 7 nitrogen and oxygen atoms in total. The van der Waals surface area contributed by atoms with Gasteiger partial charge in [0, 0.05) is 24.3 Å². The van der Waals surface area contributed by atoms with Gasteiger partial charge in [0.25, 0.3) is 0 Å². The number of fused-ring (bicyclic) bond motifs is 1. The van der Waals surface area contributed by atoms with Crippen molar-refractivity contribution in [3.05, 3.63) is 52.6 Å². The summed E-state index contributed by atoms with van der Waals surface area (Å²) in [6.45, 7) is 7.51. The molecule has 140 valence electrons. The lowest BCUT2D eigenvalue weighted by atomic mass is 10.1. The van der Waals surface area contributed by atoms with Crippen LogP contribution in [0.3, 0.4) is 0 Å². The molecule has 0 spiro atoms. The summed E-state index contributed by atoms with van der Waals surface area (Å²) in [6, 6.07) is 7.20. The minimum Gasteiger partial charge on any atom is -0.329 e. The first-order chi connectivity index (χ1) is 13.0. The average Bonchev–Trinajstić information content (AvgIpc) is 3.24. The number of rotatable bonds is 4. The normalized spacial score (nSPS) is 16.7. The van der Waals surface area contributed by atoms with E-state index in [2.05, 4.69) is 15.3 Å². The van der Waals surface area contributed by atoms with Crippen molar-refractivity contribution in [1.29, 1.82) is 0 Å². The Morgan fingerprint density at radius 1 is 1.26 bits per heavy atom. The molecule has 4 rings (SSSR count). The van der Waals surface area contributed by atoms with Crippen LogP contribution in [0.2, 0.25) is 5.02 Å². The van der Waals surface area contributed by atoms with Crippen LogP contribution in [0.5, 0.6) is 0 Å². The molecule has 2 aromatic heterocycles. The summed E-state index contributed by atoms with van der Waals surface area (Å²) >= 11 is 6.26. The van der Waals surface area contributed by atoms with Gasteiger partial charge in [0.1, 0.15) is 6.04 Å². The summed E-state index contributed by atoms with van der Waals surface area (Å²) in [5.41, 5.74) is 2.72. The fraction of sp³-hybridized carbons (Fsp3) is 0.368. The molecule has 27 heavy (non-hydrogen) atoms. The summed E-state index contributed by atoms with van der Waals surface area (Å²) in [5.74, 6) is 1.50. The Labute approximate surface area is 162 Å². The van der Waals surface area contributed by atoms with E-state index in [1.807, 2.05) is 60.5 Å². The number of aromatic nitrogens is 5. The molecule has 0 aliphatic carbocycles. The smallest absolute Gasteiger partial charge is 0.246 e. The number of carbonyl (C=O) groups excluding carboxylic acids is 1. The van der Waals surface area contributed by atoms with E-state index in [0.29, 0.717) is 23.9 Å². The summed E-state index contributed by atoms with van der Waals surface area (Å²) in [6.07, 6.45) is 1.96. The first-order valence-electron chi connectivity index (χ1n) is 9.00. The van der Waals surface area contributed by atoms with E-state index in [1.54, 1.807) is 4.90 Å². The zero-order chi connectivity index (χ0) is 19.1. The lowest BCUT2D eigenvalue weighted by Crippen LogP contribution is -2.41. The summed E-state index contributed by atoms with van der Waals surface area (Å²) in [7, 11) is 0. The Morgan fingerprint density at radius 2 is 2.04 bits per heavy atom. The van der Waals surface area contributed by atoms with Gasteiger partial charge >= 0.3 is 0 Å². The number of hydrogen-bond acceptors (Lipinski definition) is 4. The predicted molar refractivity (Wildman–Crippen MR) is 102 cm³/mol. The molecule has 0 fully saturated rings. The predicted octanol–water partition coefficient (Wildman–Crippen LogP) is 3.23. The van der Waals surface area contributed by atoms with E-state index in [9.17, 15) is 4.79 Å². The lowest BCUT2D eigenvalue weighted by molar-refractivity contribution is -0.137. The third-order valence-electron chi connectivity index (χ3n) is 4.99. The van der Waals surface area contributed by atoms with Gasteiger partial charge in [-0.2, -0.15) is 5.10 Å². The van der Waals surface area contributed by atoms with Crippen molar-refractivity contribution in [3.63, 3.8) is 0 Å². The highest BCUT2D eigenvalue weighted by atomic mass is 35.5. The van der Waals surface area contributed by atoms with Gasteiger partial charge in [-0.25, -0.2) is 0 Å². The highest BCUT2D eigenvalue weighted by Crippen LogP contribution is 2.31. The van der Waals surface area contributed by atoms with Crippen molar-refractivity contribution < 1.29 is 4.79 Å². The topological polar surface area (TPSA) is 68.8 Å². The quantitative estimate of drug-likeness (QED) is 0.692. The highest BCUT2D eigenvalue weighted by Gasteiger charge is 2.34. The molecule has 8 heteroatoms. The summed E-state index contributed by atoms with van der Waals surface area (Å²) < 4.78 is 3.79. The molecular formula is C19H21ClN6O. The van der Waals surface area contributed by atoms with Gasteiger partial charge in [0.2, 0.25) is 5.91 Å². The first-order valence-corrected chi connectivity index (χ1v) is 9.37. The number of amides is 1. The van der Waals surface area contributed by atoms with Crippen molar-refractivity contribution in [3.8, 4) is 11.4 Å². The molecule has 3 aromatic rings.